The number of nitrogens with two attached hydrogens (primary N) is 1. The topological polar surface area (TPSA) is 73.3 Å². The molecule has 0 radical (unpaired) electrons. The van der Waals surface area contributed by atoms with Crippen molar-refractivity contribution < 1.29 is 9.26 Å². The van der Waals surface area contributed by atoms with Gasteiger partial charge in [-0.15, -0.1) is 0 Å². The number of aromatic nitrogens is 1. The fraction of sp³-hybridized carbons (Fsp3) is 0.300. The van der Waals surface area contributed by atoms with Crippen LogP contribution in [0.1, 0.15) is 0 Å². The summed E-state index contributed by atoms with van der Waals surface area (Å²) in [5, 5.41) is 7.91. The molecule has 2 aromatic rings. The smallest absolute Gasteiger partial charge is 0.210 e. The molecule has 0 spiro atoms. The molecular formula is C10H13N3O2. The summed E-state index contributed by atoms with van der Waals surface area (Å²) in [6.07, 6.45) is 0. The Labute approximate surface area is 87.2 Å². The fourth-order valence-corrected chi connectivity index (χ4v) is 1.42. The lowest BCUT2D eigenvalue weighted by molar-refractivity contribution is 0.394. The number of ether oxygens (including phenoxy) is 1. The molecule has 3 N–H and O–H groups in total. The standard InChI is InChI=1S/C10H13N3O2/c1-14-8-4-2-3-7-9(8)15-13-10(7)12-6-5-11/h2-4H,5-6,11H2,1H3,(H,12,13). The zero-order valence-corrected chi connectivity index (χ0v) is 8.49. The van der Waals surface area contributed by atoms with E-state index in [4.69, 9.17) is 15.0 Å². The van der Waals surface area contributed by atoms with Gasteiger partial charge in [-0.2, -0.15) is 0 Å². The second kappa shape index (κ2) is 4.18. The van der Waals surface area contributed by atoms with Crippen LogP contribution >= 0.6 is 0 Å². The molecule has 0 amide bonds. The van der Waals surface area contributed by atoms with E-state index in [1.165, 1.54) is 0 Å². The van der Waals surface area contributed by atoms with Crippen molar-refractivity contribution in [2.45, 2.75) is 0 Å². The Morgan fingerprint density at radius 1 is 1.53 bits per heavy atom. The van der Waals surface area contributed by atoms with Crippen molar-refractivity contribution in [3.63, 3.8) is 0 Å². The largest absolute Gasteiger partial charge is 0.493 e. The van der Waals surface area contributed by atoms with Gasteiger partial charge in [-0.1, -0.05) is 11.2 Å². The number of rotatable bonds is 4. The number of fused-ring (bicyclic) bond motifs is 1. The van der Waals surface area contributed by atoms with Crippen LogP contribution in [0.4, 0.5) is 5.82 Å². The number of para-hydroxylation sites is 1. The highest BCUT2D eigenvalue weighted by Crippen LogP contribution is 2.29. The van der Waals surface area contributed by atoms with Crippen molar-refractivity contribution in [2.75, 3.05) is 25.5 Å². The Kier molecular flexibility index (Phi) is 2.73. The van der Waals surface area contributed by atoms with E-state index in [1.807, 2.05) is 18.2 Å². The van der Waals surface area contributed by atoms with E-state index in [0.29, 0.717) is 30.2 Å². The molecule has 5 heteroatoms. The van der Waals surface area contributed by atoms with E-state index in [0.717, 1.165) is 5.39 Å². The van der Waals surface area contributed by atoms with Gasteiger partial charge in [0.2, 0.25) is 5.58 Å². The van der Waals surface area contributed by atoms with Crippen LogP contribution in [0.3, 0.4) is 0 Å². The van der Waals surface area contributed by atoms with Gasteiger partial charge in [0.25, 0.3) is 0 Å². The number of benzene rings is 1. The van der Waals surface area contributed by atoms with Crippen LogP contribution in [0.25, 0.3) is 11.0 Å². The lowest BCUT2D eigenvalue weighted by atomic mass is 10.2. The molecule has 0 saturated heterocycles. The van der Waals surface area contributed by atoms with E-state index in [-0.39, 0.29) is 0 Å². The molecule has 5 nitrogen and oxygen atoms in total. The van der Waals surface area contributed by atoms with Gasteiger partial charge in [-0.05, 0) is 12.1 Å². The minimum Gasteiger partial charge on any atom is -0.493 e. The molecule has 0 aliphatic heterocycles. The first-order valence-electron chi connectivity index (χ1n) is 4.73. The van der Waals surface area contributed by atoms with Crippen molar-refractivity contribution >= 4 is 16.8 Å². The third-order valence-electron chi connectivity index (χ3n) is 2.12. The maximum absolute atomic E-state index is 5.40. The van der Waals surface area contributed by atoms with E-state index in [2.05, 4.69) is 10.5 Å². The Balaban J connectivity index is 2.42. The number of methoxy groups -OCH3 is 1. The average Bonchev–Trinajstić information content (AvgIpc) is 2.69. The van der Waals surface area contributed by atoms with Gasteiger partial charge in [-0.25, -0.2) is 0 Å². The molecule has 0 aliphatic rings. The minimum absolute atomic E-state index is 0.554. The maximum Gasteiger partial charge on any atom is 0.210 e. The maximum atomic E-state index is 5.40. The normalized spacial score (nSPS) is 10.5. The summed E-state index contributed by atoms with van der Waals surface area (Å²) in [6, 6.07) is 5.65. The molecule has 0 unspecified atom stereocenters. The van der Waals surface area contributed by atoms with Crippen LogP contribution in [-0.2, 0) is 0 Å². The lowest BCUT2D eigenvalue weighted by Gasteiger charge is -2.00. The van der Waals surface area contributed by atoms with Crippen molar-refractivity contribution in [3.8, 4) is 5.75 Å². The van der Waals surface area contributed by atoms with Gasteiger partial charge in [-0.3, -0.25) is 0 Å². The molecule has 80 valence electrons. The molecule has 0 bridgehead atoms. The Morgan fingerprint density at radius 2 is 2.40 bits per heavy atom. The highest BCUT2D eigenvalue weighted by Gasteiger charge is 2.10. The Morgan fingerprint density at radius 3 is 3.13 bits per heavy atom. The first kappa shape index (κ1) is 9.79. The predicted molar refractivity (Wildman–Crippen MR) is 58.1 cm³/mol. The van der Waals surface area contributed by atoms with Crippen molar-refractivity contribution in [1.29, 1.82) is 0 Å². The summed E-state index contributed by atoms with van der Waals surface area (Å²) in [6.45, 7) is 1.22. The summed E-state index contributed by atoms with van der Waals surface area (Å²) in [4.78, 5) is 0. The quantitative estimate of drug-likeness (QED) is 0.788. The molecule has 0 aliphatic carbocycles. The predicted octanol–water partition coefficient (Wildman–Crippen LogP) is 1.21. The highest BCUT2D eigenvalue weighted by molar-refractivity contribution is 5.91. The zero-order valence-electron chi connectivity index (χ0n) is 8.49. The SMILES string of the molecule is COc1cccc2c(NCCN)noc12. The van der Waals surface area contributed by atoms with E-state index in [1.54, 1.807) is 7.11 Å². The molecular weight excluding hydrogens is 194 g/mol. The number of nitrogens with zero attached hydrogens (tertiary/aromatic N) is 1. The van der Waals surface area contributed by atoms with Gasteiger partial charge in [0.15, 0.2) is 11.6 Å². The van der Waals surface area contributed by atoms with Crippen LogP contribution in [0, 0.1) is 0 Å². The third-order valence-corrected chi connectivity index (χ3v) is 2.12. The summed E-state index contributed by atoms with van der Waals surface area (Å²) >= 11 is 0. The molecule has 1 aromatic heterocycles. The van der Waals surface area contributed by atoms with Gasteiger partial charge < -0.3 is 20.3 Å². The lowest BCUT2D eigenvalue weighted by Crippen LogP contribution is -2.13. The summed E-state index contributed by atoms with van der Waals surface area (Å²) in [5.41, 5.74) is 6.05. The zero-order chi connectivity index (χ0) is 10.7. The Hall–Kier alpha value is -1.75. The molecule has 0 fully saturated rings. The first-order valence-corrected chi connectivity index (χ1v) is 4.73. The minimum atomic E-state index is 0.554. The number of hydrogen-bond acceptors (Lipinski definition) is 5. The fourth-order valence-electron chi connectivity index (χ4n) is 1.42. The van der Waals surface area contributed by atoms with Crippen LogP contribution in [0.5, 0.6) is 5.75 Å². The summed E-state index contributed by atoms with van der Waals surface area (Å²) < 4.78 is 10.3. The molecule has 0 saturated carbocycles. The summed E-state index contributed by atoms with van der Waals surface area (Å²) in [7, 11) is 1.60. The molecule has 1 heterocycles. The van der Waals surface area contributed by atoms with Crippen LogP contribution in [-0.4, -0.2) is 25.4 Å². The molecule has 2 rings (SSSR count). The van der Waals surface area contributed by atoms with Crippen molar-refractivity contribution in [3.05, 3.63) is 18.2 Å². The second-order valence-electron chi connectivity index (χ2n) is 3.08. The van der Waals surface area contributed by atoms with Crippen molar-refractivity contribution in [2.24, 2.45) is 5.73 Å². The average molecular weight is 207 g/mol. The first-order chi connectivity index (χ1) is 7.36. The monoisotopic (exact) mass is 207 g/mol. The van der Waals surface area contributed by atoms with Crippen LogP contribution in [0.15, 0.2) is 22.7 Å². The van der Waals surface area contributed by atoms with E-state index >= 15 is 0 Å². The summed E-state index contributed by atoms with van der Waals surface area (Å²) in [5.74, 6) is 1.38. The number of nitrogens with one attached hydrogen (secondary N) is 1. The van der Waals surface area contributed by atoms with E-state index < -0.39 is 0 Å². The van der Waals surface area contributed by atoms with Gasteiger partial charge in [0.1, 0.15) is 0 Å². The third kappa shape index (κ3) is 1.73. The van der Waals surface area contributed by atoms with Gasteiger partial charge in [0.05, 0.1) is 12.5 Å². The second-order valence-corrected chi connectivity index (χ2v) is 3.08. The molecule has 1 aromatic carbocycles. The van der Waals surface area contributed by atoms with Crippen LogP contribution < -0.4 is 15.8 Å². The Bertz CT molecular complexity index is 453. The van der Waals surface area contributed by atoms with Gasteiger partial charge in [0, 0.05) is 13.1 Å². The van der Waals surface area contributed by atoms with Crippen molar-refractivity contribution in [1.82, 2.24) is 5.16 Å². The number of hydrogen-bond donors (Lipinski definition) is 2. The van der Waals surface area contributed by atoms with E-state index in [9.17, 15) is 0 Å². The van der Waals surface area contributed by atoms with Gasteiger partial charge >= 0.3 is 0 Å². The number of anilines is 1. The highest BCUT2D eigenvalue weighted by atomic mass is 16.5. The molecule has 15 heavy (non-hydrogen) atoms. The molecule has 0 atom stereocenters. The van der Waals surface area contributed by atoms with Crippen LogP contribution in [0.2, 0.25) is 0 Å².